The van der Waals surface area contributed by atoms with Crippen molar-refractivity contribution in [1.82, 2.24) is 10.6 Å². The molecular formula is C25H35BN4O6. The summed E-state index contributed by atoms with van der Waals surface area (Å²) in [6.45, 7) is 11.3. The molecule has 0 saturated heterocycles. The highest BCUT2D eigenvalue weighted by Crippen LogP contribution is 2.31. The Morgan fingerprint density at radius 3 is 2.61 bits per heavy atom. The molecule has 2 amide bonds. The van der Waals surface area contributed by atoms with Crippen molar-refractivity contribution in [3.8, 4) is 5.75 Å². The molecule has 10 nitrogen and oxygen atoms in total. The van der Waals surface area contributed by atoms with E-state index in [0.717, 1.165) is 30.3 Å². The van der Waals surface area contributed by atoms with Gasteiger partial charge in [-0.1, -0.05) is 20.3 Å². The molecule has 0 spiro atoms. The van der Waals surface area contributed by atoms with Crippen LogP contribution < -0.4 is 20.8 Å². The summed E-state index contributed by atoms with van der Waals surface area (Å²) in [6.07, 6.45) is 3.25. The summed E-state index contributed by atoms with van der Waals surface area (Å²) in [4.78, 5) is 41.1. The number of nitro benzene ring substituents is 1. The van der Waals surface area contributed by atoms with Crippen LogP contribution in [-0.4, -0.2) is 36.9 Å². The van der Waals surface area contributed by atoms with E-state index in [2.05, 4.69) is 22.5 Å². The maximum atomic E-state index is 12.9. The monoisotopic (exact) mass is 498 g/mol. The minimum Gasteiger partial charge on any atom is -0.502 e. The van der Waals surface area contributed by atoms with E-state index in [1.165, 1.54) is 6.07 Å². The number of carbonyl (C=O) groups is 2. The second-order valence-corrected chi connectivity index (χ2v) is 8.81. The molecule has 1 heterocycles. The fourth-order valence-electron chi connectivity index (χ4n) is 3.53. The number of hydrogen-bond donors (Lipinski definition) is 2. The van der Waals surface area contributed by atoms with Gasteiger partial charge in [-0.15, -0.1) is 0 Å². The Hall–Kier alpha value is -3.63. The SMILES string of the molecule is CCCC/C=N\C(C(=O)N/C(NC(=O)OC(C)c1cc2c(cc1[N+](=O)[O-])BCO2)=C(/C)CC)=C(C)C. The van der Waals surface area contributed by atoms with Crippen LogP contribution in [0.1, 0.15) is 78.9 Å². The van der Waals surface area contributed by atoms with Crippen molar-refractivity contribution in [3.63, 3.8) is 0 Å². The third kappa shape index (κ3) is 7.69. The van der Waals surface area contributed by atoms with Crippen molar-refractivity contribution in [2.45, 2.75) is 73.3 Å². The minimum absolute atomic E-state index is 0.137. The number of rotatable bonds is 11. The molecule has 0 radical (unpaired) electrons. The van der Waals surface area contributed by atoms with Gasteiger partial charge in [0.05, 0.1) is 17.0 Å². The third-order valence-electron chi connectivity index (χ3n) is 5.78. The number of unbranched alkanes of at least 4 members (excludes halogenated alkanes) is 2. The number of nitrogens with zero attached hydrogens (tertiary/aromatic N) is 2. The Bertz CT molecular complexity index is 1090. The lowest BCUT2D eigenvalue weighted by molar-refractivity contribution is -0.386. The van der Waals surface area contributed by atoms with Gasteiger partial charge >= 0.3 is 6.09 Å². The van der Waals surface area contributed by atoms with E-state index in [1.807, 2.05) is 6.92 Å². The van der Waals surface area contributed by atoms with Crippen molar-refractivity contribution in [3.05, 3.63) is 50.5 Å². The van der Waals surface area contributed by atoms with Crippen LogP contribution in [0.3, 0.4) is 0 Å². The zero-order valence-corrected chi connectivity index (χ0v) is 21.9. The number of alkyl carbamates (subject to hydrolysis) is 1. The number of benzene rings is 1. The minimum atomic E-state index is -0.935. The summed E-state index contributed by atoms with van der Waals surface area (Å²) in [7, 11) is 0.590. The Balaban J connectivity index is 2.17. The van der Waals surface area contributed by atoms with Gasteiger partial charge in [-0.25, -0.2) is 4.79 Å². The number of allylic oxidation sites excluding steroid dienone is 2. The van der Waals surface area contributed by atoms with E-state index in [4.69, 9.17) is 9.47 Å². The average Bonchev–Trinajstić information content (AvgIpc) is 3.29. The molecule has 194 valence electrons. The quantitative estimate of drug-likeness (QED) is 0.118. The Morgan fingerprint density at radius 2 is 2.00 bits per heavy atom. The standard InChI is InChI=1S/C25H35BN4O6/c1-7-9-10-11-27-22(15(3)4)24(31)28-23(16(5)8-2)29-25(32)36-17(6)18-12-21-19(26-14-35-21)13-20(18)30(33)34/h11-13,17,26H,7-10,14H2,1-6H3,(H,28,31)(H,29,32)/b23-16+,27-11-. The summed E-state index contributed by atoms with van der Waals surface area (Å²) in [5, 5.41) is 16.9. The second kappa shape index (κ2) is 13.5. The zero-order valence-electron chi connectivity index (χ0n) is 21.9. The molecule has 11 heteroatoms. The van der Waals surface area contributed by atoms with E-state index >= 15 is 0 Å². The summed E-state index contributed by atoms with van der Waals surface area (Å²) < 4.78 is 11.0. The lowest BCUT2D eigenvalue weighted by Gasteiger charge is -2.18. The molecule has 0 saturated carbocycles. The molecule has 1 aliphatic rings. The predicted molar refractivity (Wildman–Crippen MR) is 141 cm³/mol. The van der Waals surface area contributed by atoms with Crippen molar-refractivity contribution in [1.29, 1.82) is 0 Å². The first-order valence-electron chi connectivity index (χ1n) is 12.2. The number of hydrogen-bond acceptors (Lipinski definition) is 7. The van der Waals surface area contributed by atoms with Gasteiger partial charge in [0.25, 0.3) is 11.6 Å². The summed E-state index contributed by atoms with van der Waals surface area (Å²) in [5.74, 6) is 0.286. The highest BCUT2D eigenvalue weighted by Gasteiger charge is 2.28. The molecule has 2 N–H and O–H groups in total. The molecule has 0 bridgehead atoms. The van der Waals surface area contributed by atoms with Crippen LogP contribution in [0.5, 0.6) is 5.75 Å². The summed E-state index contributed by atoms with van der Waals surface area (Å²) >= 11 is 0. The highest BCUT2D eigenvalue weighted by atomic mass is 16.6. The molecule has 1 unspecified atom stereocenters. The largest absolute Gasteiger partial charge is 0.502 e. The predicted octanol–water partition coefficient (Wildman–Crippen LogP) is 4.11. The van der Waals surface area contributed by atoms with Gasteiger partial charge in [-0.2, -0.15) is 0 Å². The van der Waals surface area contributed by atoms with Gasteiger partial charge < -0.3 is 14.8 Å². The molecule has 1 aromatic rings. The second-order valence-electron chi connectivity index (χ2n) is 8.81. The van der Waals surface area contributed by atoms with Crippen LogP contribution in [0.4, 0.5) is 10.5 Å². The first kappa shape index (κ1) is 28.6. The molecule has 0 fully saturated rings. The van der Waals surface area contributed by atoms with Crippen molar-refractivity contribution in [2.75, 3.05) is 6.51 Å². The average molecular weight is 498 g/mol. The number of amides is 2. The zero-order chi connectivity index (χ0) is 26.8. The number of carbonyl (C=O) groups excluding carboxylic acids is 2. The van der Waals surface area contributed by atoms with Gasteiger partial charge in [0.2, 0.25) is 7.28 Å². The summed E-state index contributed by atoms with van der Waals surface area (Å²) in [6, 6.07) is 3.01. The Labute approximate surface area is 212 Å². The van der Waals surface area contributed by atoms with E-state index < -0.39 is 23.0 Å². The van der Waals surface area contributed by atoms with E-state index in [1.54, 1.807) is 40.0 Å². The molecule has 1 aliphatic heterocycles. The topological polar surface area (TPSA) is 132 Å². The smallest absolute Gasteiger partial charge is 0.413 e. The number of fused-ring (bicyclic) bond motifs is 1. The molecule has 1 atom stereocenters. The van der Waals surface area contributed by atoms with Gasteiger partial charge in [0, 0.05) is 12.3 Å². The highest BCUT2D eigenvalue weighted by molar-refractivity contribution is 6.56. The molecule has 2 rings (SSSR count). The molecule has 1 aromatic carbocycles. The van der Waals surface area contributed by atoms with E-state index in [9.17, 15) is 19.7 Å². The Kier molecular flexibility index (Phi) is 10.7. The van der Waals surface area contributed by atoms with Crippen LogP contribution in [0.25, 0.3) is 0 Å². The normalized spacial score (nSPS) is 13.6. The first-order valence-corrected chi connectivity index (χ1v) is 12.2. The van der Waals surface area contributed by atoms with Crippen LogP contribution in [0.2, 0.25) is 0 Å². The van der Waals surface area contributed by atoms with Crippen molar-refractivity contribution >= 4 is 36.6 Å². The lowest BCUT2D eigenvalue weighted by atomic mass is 9.72. The maximum absolute atomic E-state index is 12.9. The first-order chi connectivity index (χ1) is 17.1. The number of nitro groups is 1. The van der Waals surface area contributed by atoms with E-state index in [0.29, 0.717) is 31.5 Å². The fraction of sp³-hybridized carbons (Fsp3) is 0.480. The number of ether oxygens (including phenoxy) is 2. The van der Waals surface area contributed by atoms with Gasteiger partial charge in [-0.05, 0) is 69.6 Å². The van der Waals surface area contributed by atoms with Crippen molar-refractivity contribution in [2.24, 2.45) is 4.99 Å². The van der Waals surface area contributed by atoms with Gasteiger partial charge in [-0.3, -0.25) is 25.2 Å². The van der Waals surface area contributed by atoms with Crippen LogP contribution >= 0.6 is 0 Å². The molecular weight excluding hydrogens is 463 g/mol. The summed E-state index contributed by atoms with van der Waals surface area (Å²) in [5.41, 5.74) is 2.56. The van der Waals surface area contributed by atoms with Gasteiger partial charge in [0.15, 0.2) is 0 Å². The van der Waals surface area contributed by atoms with Crippen LogP contribution in [0.15, 0.2) is 39.8 Å². The lowest BCUT2D eigenvalue weighted by Crippen LogP contribution is -2.37. The maximum Gasteiger partial charge on any atom is 0.413 e. The fourth-order valence-corrected chi connectivity index (χ4v) is 3.53. The van der Waals surface area contributed by atoms with Crippen LogP contribution in [-0.2, 0) is 9.53 Å². The molecule has 36 heavy (non-hydrogen) atoms. The Morgan fingerprint density at radius 1 is 1.28 bits per heavy atom. The third-order valence-corrected chi connectivity index (χ3v) is 5.78. The molecule has 0 aromatic heterocycles. The van der Waals surface area contributed by atoms with Crippen LogP contribution in [0, 0.1) is 10.1 Å². The van der Waals surface area contributed by atoms with Gasteiger partial charge in [0.1, 0.15) is 23.4 Å². The molecule has 0 aliphatic carbocycles. The van der Waals surface area contributed by atoms with Crippen molar-refractivity contribution < 1.29 is 24.0 Å². The number of nitrogens with one attached hydrogen (secondary N) is 2. The van der Waals surface area contributed by atoms with E-state index in [-0.39, 0.29) is 22.8 Å². The number of aliphatic imine (C=N–C) groups is 1.